The number of anilines is 3. The maximum Gasteiger partial charge on any atom is 0.335 e. The number of aryl methyl sites for hydroxylation is 5. The first kappa shape index (κ1) is 44.7. The van der Waals surface area contributed by atoms with Gasteiger partial charge in [-0.15, -0.1) is 0 Å². The lowest BCUT2D eigenvalue weighted by Crippen LogP contribution is -2.14. The third-order valence-electron chi connectivity index (χ3n) is 9.03. The molecular weight excluding hydrogens is 825 g/mol. The molecule has 0 bridgehead atoms. The number of aromatic carboxylic acids is 2. The fourth-order valence-corrected chi connectivity index (χ4v) is 9.88. The molecule has 13 nitrogen and oxygen atoms in total. The van der Waals surface area contributed by atoms with Crippen LogP contribution in [0.15, 0.2) is 136 Å². The van der Waals surface area contributed by atoms with Gasteiger partial charge in [-0.2, -0.15) is 0 Å². The van der Waals surface area contributed by atoms with Crippen molar-refractivity contribution >= 4 is 65.7 Å². The predicted molar refractivity (Wildman–Crippen MR) is 233 cm³/mol. The highest BCUT2D eigenvalue weighted by molar-refractivity contribution is 7.94. The quantitative estimate of drug-likeness (QED) is 0.0591. The van der Waals surface area contributed by atoms with Gasteiger partial charge in [-0.05, 0) is 116 Å². The summed E-state index contributed by atoms with van der Waals surface area (Å²) in [5, 5.41) is 20.9. The molecule has 5 N–H and O–H groups in total. The Bertz CT molecular complexity index is 2680. The lowest BCUT2D eigenvalue weighted by Gasteiger charge is -2.13. The molecule has 0 radical (unpaired) electrons. The van der Waals surface area contributed by atoms with Gasteiger partial charge in [-0.3, -0.25) is 14.2 Å². The Morgan fingerprint density at radius 2 is 1.07 bits per heavy atom. The maximum atomic E-state index is 13.0. The monoisotopic (exact) mass is 868 g/mol. The molecule has 0 unspecified atom stereocenters. The smallest absolute Gasteiger partial charge is 0.335 e. The molecule has 0 spiro atoms. The van der Waals surface area contributed by atoms with Crippen LogP contribution in [0.4, 0.5) is 16.5 Å². The highest BCUT2D eigenvalue weighted by Crippen LogP contribution is 2.30. The highest BCUT2D eigenvalue weighted by Gasteiger charge is 2.23. The third-order valence-corrected chi connectivity index (χ3v) is 13.5. The second-order valence-electron chi connectivity index (χ2n) is 13.6. The van der Waals surface area contributed by atoms with Crippen molar-refractivity contribution in [2.45, 2.75) is 61.5 Å². The average molecular weight is 869 g/mol. The summed E-state index contributed by atoms with van der Waals surface area (Å²) < 4.78 is 56.4. The number of nitrogens with one attached hydrogen (secondary N) is 3. The number of rotatable bonds is 17. The molecule has 0 saturated carbocycles. The number of para-hydroxylation sites is 2. The van der Waals surface area contributed by atoms with Gasteiger partial charge in [0.25, 0.3) is 20.0 Å². The fourth-order valence-electron chi connectivity index (χ4n) is 6.19. The van der Waals surface area contributed by atoms with E-state index in [0.717, 1.165) is 40.0 Å². The van der Waals surface area contributed by atoms with Gasteiger partial charge in [0.05, 0.1) is 33.1 Å². The van der Waals surface area contributed by atoms with Crippen LogP contribution in [0.5, 0.6) is 0 Å². The summed E-state index contributed by atoms with van der Waals surface area (Å²) in [7, 11) is -7.53. The number of carboxylic acids is 2. The summed E-state index contributed by atoms with van der Waals surface area (Å²) in [6, 6.07) is 36.4. The normalized spacial score (nSPS) is 11.2. The van der Waals surface area contributed by atoms with Crippen LogP contribution in [-0.2, 0) is 50.5 Å². The van der Waals surface area contributed by atoms with Crippen molar-refractivity contribution in [1.29, 1.82) is 0 Å². The molecule has 312 valence electrons. The van der Waals surface area contributed by atoms with Crippen molar-refractivity contribution in [1.82, 2.24) is 4.98 Å². The van der Waals surface area contributed by atoms with Gasteiger partial charge in [0.1, 0.15) is 0 Å². The van der Waals surface area contributed by atoms with Crippen molar-refractivity contribution in [3.8, 4) is 0 Å². The zero-order valence-corrected chi connectivity index (χ0v) is 35.2. The predicted octanol–water partition coefficient (Wildman–Crippen LogP) is 8.45. The molecule has 6 rings (SSSR count). The molecule has 5 aromatic carbocycles. The first-order chi connectivity index (χ1) is 28.6. The molecule has 60 heavy (non-hydrogen) atoms. The number of carbonyl (C=O) groups excluding carboxylic acids is 1. The van der Waals surface area contributed by atoms with Gasteiger partial charge < -0.3 is 15.5 Å². The van der Waals surface area contributed by atoms with E-state index in [4.69, 9.17) is 10.2 Å². The van der Waals surface area contributed by atoms with Crippen LogP contribution in [-0.4, -0.2) is 49.9 Å². The molecule has 1 amide bonds. The zero-order chi connectivity index (χ0) is 43.3. The number of aromatic nitrogens is 1. The Morgan fingerprint density at radius 1 is 0.600 bits per heavy atom. The summed E-state index contributed by atoms with van der Waals surface area (Å²) >= 11 is 0.897. The van der Waals surface area contributed by atoms with Gasteiger partial charge in [0.2, 0.25) is 5.91 Å². The summed E-state index contributed by atoms with van der Waals surface area (Å²) in [4.78, 5) is 37.8. The van der Waals surface area contributed by atoms with E-state index < -0.39 is 32.0 Å². The molecule has 1 aromatic heterocycles. The Hall–Kier alpha value is -6.36. The molecule has 0 aliphatic heterocycles. The van der Waals surface area contributed by atoms with E-state index in [1.165, 1.54) is 6.92 Å². The lowest BCUT2D eigenvalue weighted by atomic mass is 10.0. The first-order valence-electron chi connectivity index (χ1n) is 18.8. The van der Waals surface area contributed by atoms with Crippen LogP contribution in [0.2, 0.25) is 0 Å². The van der Waals surface area contributed by atoms with Gasteiger partial charge in [0.15, 0.2) is 9.34 Å². The molecule has 16 heteroatoms. The number of carbonyl (C=O) groups is 3. The second-order valence-corrected chi connectivity index (χ2v) is 18.2. The zero-order valence-electron chi connectivity index (χ0n) is 32.8. The molecule has 6 aromatic rings. The Kier molecular flexibility index (Phi) is 15.3. The number of thiazole rings is 1. The number of sulfonamides is 2. The van der Waals surface area contributed by atoms with Crippen molar-refractivity contribution in [2.75, 3.05) is 14.8 Å². The fraction of sp³-hybridized carbons (Fsp3) is 0.182. The molecular formula is C44H44N4O9S3. The molecule has 1 heterocycles. The molecule has 0 atom stereocenters. The summed E-state index contributed by atoms with van der Waals surface area (Å²) in [6.45, 7) is 2.91. The standard InChI is InChI=1S/C22H23N3O5S2.C22H21NO4S/c1-14-21(31-22(23-14)24-15(2)26)32(29,30)25-19-12-4-3-9-17(19)10-5-7-16-8-6-11-18(13-16)20(27)28;24-22(25)19-12-7-9-17(16-19)8-6-11-18-10-4-5-15-21(18)23-28(26,27)20-13-2-1-3-14-20/h3-4,6,8-9,11-13,25H,5,7,10H2,1-2H3,(H,27,28)(H,23,24,26);1-5,7,9-10,12-16,23H,6,8,11H2,(H,24,25). The minimum atomic E-state index is -3.88. The second kappa shape index (κ2) is 20.6. The number of benzene rings is 5. The van der Waals surface area contributed by atoms with Gasteiger partial charge >= 0.3 is 11.9 Å². The van der Waals surface area contributed by atoms with E-state index in [1.54, 1.807) is 97.9 Å². The van der Waals surface area contributed by atoms with Gasteiger partial charge in [-0.1, -0.05) is 90.2 Å². The van der Waals surface area contributed by atoms with E-state index >= 15 is 0 Å². The van der Waals surface area contributed by atoms with E-state index in [-0.39, 0.29) is 31.3 Å². The number of hydrogen-bond donors (Lipinski definition) is 5. The molecule has 0 saturated heterocycles. The topological polar surface area (TPSA) is 209 Å². The maximum absolute atomic E-state index is 13.0. The van der Waals surface area contributed by atoms with Crippen LogP contribution in [0.3, 0.4) is 0 Å². The minimum absolute atomic E-state index is 0.0431. The number of carboxylic acid groups (broad SMARTS) is 2. The summed E-state index contributed by atoms with van der Waals surface area (Å²) in [5.41, 5.74) is 5.44. The first-order valence-corrected chi connectivity index (χ1v) is 22.6. The minimum Gasteiger partial charge on any atom is -0.478 e. The Balaban J connectivity index is 0.000000230. The van der Waals surface area contributed by atoms with Gasteiger partial charge in [-0.25, -0.2) is 31.4 Å². The van der Waals surface area contributed by atoms with Gasteiger partial charge in [0, 0.05) is 6.92 Å². The highest BCUT2D eigenvalue weighted by atomic mass is 32.2. The number of hydrogen-bond acceptors (Lipinski definition) is 9. The largest absolute Gasteiger partial charge is 0.478 e. The van der Waals surface area contributed by atoms with Crippen molar-refractivity contribution in [3.63, 3.8) is 0 Å². The summed E-state index contributed by atoms with van der Waals surface area (Å²) in [5.74, 6) is -2.23. The van der Waals surface area contributed by atoms with Crippen molar-refractivity contribution in [3.05, 3.63) is 166 Å². The van der Waals surface area contributed by atoms with E-state index in [0.29, 0.717) is 49.2 Å². The van der Waals surface area contributed by atoms with Crippen LogP contribution in [0.1, 0.15) is 68.4 Å². The van der Waals surface area contributed by atoms with E-state index in [9.17, 15) is 31.2 Å². The van der Waals surface area contributed by atoms with Crippen molar-refractivity contribution in [2.24, 2.45) is 0 Å². The molecule has 0 fully saturated rings. The number of amides is 1. The lowest BCUT2D eigenvalue weighted by molar-refractivity contribution is -0.114. The van der Waals surface area contributed by atoms with Crippen molar-refractivity contribution < 1.29 is 41.4 Å². The number of nitrogens with zero attached hydrogens (tertiary/aromatic N) is 1. The van der Waals surface area contributed by atoms with Crippen LogP contribution >= 0.6 is 11.3 Å². The Morgan fingerprint density at radius 3 is 1.55 bits per heavy atom. The Labute approximate surface area is 353 Å². The van der Waals surface area contributed by atoms with Crippen LogP contribution in [0.25, 0.3) is 0 Å². The molecule has 0 aliphatic rings. The summed E-state index contributed by atoms with van der Waals surface area (Å²) in [6.07, 6.45) is 4.14. The van der Waals surface area contributed by atoms with Crippen LogP contribution in [0, 0.1) is 6.92 Å². The SMILES string of the molecule is CC(=O)Nc1nc(C)c(S(=O)(=O)Nc2ccccc2CCCc2cccc(C(=O)O)c2)s1.O=C(O)c1cccc(CCCc2ccccc2NS(=O)(=O)c2ccccc2)c1. The molecule has 0 aliphatic carbocycles. The average Bonchev–Trinajstić information content (AvgIpc) is 3.59. The van der Waals surface area contributed by atoms with Crippen LogP contribution < -0.4 is 14.8 Å². The van der Waals surface area contributed by atoms with E-state index in [1.807, 2.05) is 36.4 Å². The third kappa shape index (κ3) is 12.8. The van der Waals surface area contributed by atoms with E-state index in [2.05, 4.69) is 19.7 Å².